The molecule has 0 bridgehead atoms. The minimum atomic E-state index is -1.19. The summed E-state index contributed by atoms with van der Waals surface area (Å²) in [4.78, 5) is 47.0. The summed E-state index contributed by atoms with van der Waals surface area (Å²) in [7, 11) is 0. The Hall–Kier alpha value is -3.07. The number of carbonyl (C=O) groups excluding carboxylic acids is 3. The molecule has 43 heavy (non-hydrogen) atoms. The average Bonchev–Trinajstić information content (AvgIpc) is 3.01. The summed E-state index contributed by atoms with van der Waals surface area (Å²) < 4.78 is 0. The summed E-state index contributed by atoms with van der Waals surface area (Å²) in [5.41, 5.74) is 8.92. The fraction of sp³-hybridized carbons (Fsp3) is 0.382. The van der Waals surface area contributed by atoms with Gasteiger partial charge in [-0.2, -0.15) is 0 Å². The maximum atomic E-state index is 14.1. The van der Waals surface area contributed by atoms with Gasteiger partial charge >= 0.3 is 0 Å². The first-order chi connectivity index (χ1) is 20.6. The Morgan fingerprint density at radius 1 is 0.837 bits per heavy atom. The number of hydrogen-bond acceptors (Lipinski definition) is 6. The lowest BCUT2D eigenvalue weighted by Gasteiger charge is -2.54. The van der Waals surface area contributed by atoms with Crippen molar-refractivity contribution in [1.82, 2.24) is 14.7 Å². The normalized spacial score (nSPS) is 20.3. The first-order valence-corrected chi connectivity index (χ1v) is 15.5. The van der Waals surface area contributed by atoms with Gasteiger partial charge in [-0.1, -0.05) is 76.8 Å². The fourth-order valence-corrected chi connectivity index (χ4v) is 7.01. The third kappa shape index (κ3) is 6.56. The molecule has 1 atom stereocenters. The van der Waals surface area contributed by atoms with Crippen molar-refractivity contribution in [2.24, 2.45) is 5.73 Å². The van der Waals surface area contributed by atoms with Crippen LogP contribution in [-0.4, -0.2) is 84.0 Å². The monoisotopic (exact) mass is 620 g/mol. The summed E-state index contributed by atoms with van der Waals surface area (Å²) in [6.45, 7) is 6.67. The van der Waals surface area contributed by atoms with Crippen molar-refractivity contribution in [3.8, 4) is 0 Å². The van der Waals surface area contributed by atoms with E-state index in [-0.39, 0.29) is 36.6 Å². The molecule has 1 unspecified atom stereocenters. The van der Waals surface area contributed by atoms with Crippen LogP contribution in [0.15, 0.2) is 66.7 Å². The van der Waals surface area contributed by atoms with E-state index < -0.39 is 5.54 Å². The molecule has 2 heterocycles. The molecule has 7 nitrogen and oxygen atoms in total. The van der Waals surface area contributed by atoms with Crippen LogP contribution in [0, 0.1) is 13.8 Å². The largest absolute Gasteiger partial charge is 0.335 e. The van der Waals surface area contributed by atoms with Gasteiger partial charge in [-0.15, -0.1) is 0 Å². The highest BCUT2D eigenvalue weighted by Crippen LogP contribution is 2.40. The quantitative estimate of drug-likeness (QED) is 0.351. The Labute approximate surface area is 263 Å². The highest BCUT2D eigenvalue weighted by molar-refractivity contribution is 6.42. The van der Waals surface area contributed by atoms with Gasteiger partial charge in [-0.3, -0.25) is 24.2 Å². The SMILES string of the molecule is Cc1cc(C)cc(C(=O)N2CCN(C3CCN(CC(=O)c4ccccc4)CC3)C(C(=O)CN)(c3ccc(Cl)c(Cl)c3)C2)c1. The van der Waals surface area contributed by atoms with Gasteiger partial charge in [0.25, 0.3) is 5.91 Å². The topological polar surface area (TPSA) is 87.0 Å². The van der Waals surface area contributed by atoms with E-state index in [0.29, 0.717) is 46.4 Å². The first-order valence-electron chi connectivity index (χ1n) is 14.8. The molecular weight excluding hydrogens is 583 g/mol. The number of amides is 1. The lowest BCUT2D eigenvalue weighted by molar-refractivity contribution is -0.139. The second kappa shape index (κ2) is 13.3. The molecule has 1 amide bonds. The molecule has 2 fully saturated rings. The maximum absolute atomic E-state index is 14.1. The van der Waals surface area contributed by atoms with Crippen LogP contribution >= 0.6 is 23.2 Å². The van der Waals surface area contributed by atoms with Gasteiger partial charge in [0.15, 0.2) is 11.6 Å². The van der Waals surface area contributed by atoms with Crippen LogP contribution in [0.3, 0.4) is 0 Å². The molecule has 0 saturated carbocycles. The number of nitrogens with zero attached hydrogens (tertiary/aromatic N) is 3. The average molecular weight is 622 g/mol. The maximum Gasteiger partial charge on any atom is 0.254 e. The van der Waals surface area contributed by atoms with Gasteiger partial charge in [0, 0.05) is 43.3 Å². The van der Waals surface area contributed by atoms with E-state index in [1.807, 2.05) is 68.4 Å². The molecule has 2 N–H and O–H groups in total. The zero-order valence-corrected chi connectivity index (χ0v) is 26.2. The Bertz CT molecular complexity index is 1490. The molecule has 0 aliphatic carbocycles. The molecule has 3 aromatic rings. The van der Waals surface area contributed by atoms with E-state index in [4.69, 9.17) is 28.9 Å². The van der Waals surface area contributed by atoms with Crippen molar-refractivity contribution in [2.45, 2.75) is 38.3 Å². The van der Waals surface area contributed by atoms with Gasteiger partial charge in [-0.05, 0) is 56.5 Å². The second-order valence-electron chi connectivity index (χ2n) is 11.7. The summed E-state index contributed by atoms with van der Waals surface area (Å²) in [6.07, 6.45) is 1.54. The molecule has 0 spiro atoms. The lowest BCUT2D eigenvalue weighted by Crippen LogP contribution is -2.69. The van der Waals surface area contributed by atoms with E-state index in [1.54, 1.807) is 17.0 Å². The molecular formula is C34H38Cl2N4O3. The van der Waals surface area contributed by atoms with Gasteiger partial charge in [0.1, 0.15) is 5.54 Å². The number of likely N-dealkylation sites (tertiary alicyclic amines) is 1. The minimum absolute atomic E-state index is 0.0477. The van der Waals surface area contributed by atoms with Crippen LogP contribution in [0.5, 0.6) is 0 Å². The third-order valence-electron chi connectivity index (χ3n) is 8.78. The number of halogens is 2. The first kappa shape index (κ1) is 31.4. The van der Waals surface area contributed by atoms with Crippen molar-refractivity contribution in [2.75, 3.05) is 45.8 Å². The fourth-order valence-electron chi connectivity index (χ4n) is 6.71. The predicted molar refractivity (Wildman–Crippen MR) is 171 cm³/mol. The Kier molecular flexibility index (Phi) is 9.69. The summed E-state index contributed by atoms with van der Waals surface area (Å²) in [6, 6.07) is 20.5. The molecule has 0 aromatic heterocycles. The van der Waals surface area contributed by atoms with Gasteiger partial charge in [0.05, 0.1) is 29.7 Å². The highest BCUT2D eigenvalue weighted by atomic mass is 35.5. The third-order valence-corrected chi connectivity index (χ3v) is 9.52. The number of benzene rings is 3. The van der Waals surface area contributed by atoms with Crippen molar-refractivity contribution in [3.63, 3.8) is 0 Å². The van der Waals surface area contributed by atoms with Gasteiger partial charge in [-0.25, -0.2) is 0 Å². The number of ketones is 2. The molecule has 2 aliphatic rings. The number of rotatable bonds is 8. The predicted octanol–water partition coefficient (Wildman–Crippen LogP) is 5.14. The number of carbonyl (C=O) groups is 3. The number of piperidine rings is 1. The van der Waals surface area contributed by atoms with E-state index >= 15 is 0 Å². The Morgan fingerprint density at radius 3 is 2.14 bits per heavy atom. The van der Waals surface area contributed by atoms with E-state index in [2.05, 4.69) is 9.80 Å². The number of hydrogen-bond donors (Lipinski definition) is 1. The number of piperazine rings is 1. The van der Waals surface area contributed by atoms with Gasteiger partial charge in [0.2, 0.25) is 0 Å². The van der Waals surface area contributed by atoms with E-state index in [1.165, 1.54) is 0 Å². The number of aryl methyl sites for hydroxylation is 2. The smallest absolute Gasteiger partial charge is 0.254 e. The van der Waals surface area contributed by atoms with Crippen molar-refractivity contribution < 1.29 is 14.4 Å². The summed E-state index contributed by atoms with van der Waals surface area (Å²) >= 11 is 12.8. The van der Waals surface area contributed by atoms with E-state index in [0.717, 1.165) is 37.1 Å². The molecule has 0 radical (unpaired) electrons. The molecule has 2 saturated heterocycles. The van der Waals surface area contributed by atoms with Crippen LogP contribution in [0.25, 0.3) is 0 Å². The number of Topliss-reactive ketones (excluding diaryl/α,β-unsaturated/α-hetero) is 2. The Morgan fingerprint density at radius 2 is 1.51 bits per heavy atom. The van der Waals surface area contributed by atoms with Crippen LogP contribution in [0.2, 0.25) is 10.0 Å². The number of nitrogens with two attached hydrogens (primary N) is 1. The van der Waals surface area contributed by atoms with Crippen molar-refractivity contribution in [3.05, 3.63) is 105 Å². The second-order valence-corrected chi connectivity index (χ2v) is 12.5. The van der Waals surface area contributed by atoms with Crippen LogP contribution in [0.1, 0.15) is 50.2 Å². The van der Waals surface area contributed by atoms with Gasteiger partial charge < -0.3 is 10.6 Å². The molecule has 226 valence electrons. The van der Waals surface area contributed by atoms with Crippen LogP contribution in [-0.2, 0) is 10.3 Å². The summed E-state index contributed by atoms with van der Waals surface area (Å²) in [5.74, 6) is -0.193. The molecule has 5 rings (SSSR count). The van der Waals surface area contributed by atoms with Crippen LogP contribution < -0.4 is 5.73 Å². The molecule has 3 aromatic carbocycles. The zero-order valence-electron chi connectivity index (χ0n) is 24.7. The van der Waals surface area contributed by atoms with Crippen LogP contribution in [0.4, 0.5) is 0 Å². The Balaban J connectivity index is 1.44. The standard InChI is InChI=1S/C34H38Cl2N4O3/c1-23-16-24(2)18-26(17-23)33(43)39-14-15-40(34(22-39,32(42)20-37)27-8-9-29(35)30(36)19-27)28-10-12-38(13-11-28)21-31(41)25-6-4-3-5-7-25/h3-9,16-19,28H,10-15,20-22,37H2,1-2H3. The van der Waals surface area contributed by atoms with Crippen molar-refractivity contribution in [1.29, 1.82) is 0 Å². The highest BCUT2D eigenvalue weighted by Gasteiger charge is 2.52. The molecule has 9 heteroatoms. The summed E-state index contributed by atoms with van der Waals surface area (Å²) in [5, 5.41) is 0.734. The zero-order chi connectivity index (χ0) is 30.7. The lowest BCUT2D eigenvalue weighted by atomic mass is 9.79. The van der Waals surface area contributed by atoms with E-state index in [9.17, 15) is 14.4 Å². The van der Waals surface area contributed by atoms with Crippen molar-refractivity contribution >= 4 is 40.7 Å². The minimum Gasteiger partial charge on any atom is -0.335 e. The molecule has 2 aliphatic heterocycles.